The molecule has 0 aliphatic carbocycles. The van der Waals surface area contributed by atoms with Crippen LogP contribution in [0.3, 0.4) is 0 Å². The van der Waals surface area contributed by atoms with Crippen LogP contribution >= 0.6 is 27.3 Å². The zero-order chi connectivity index (χ0) is 10.7. The molecule has 1 aromatic rings. The van der Waals surface area contributed by atoms with Crippen molar-refractivity contribution in [3.8, 4) is 0 Å². The number of morpholine rings is 1. The first-order valence-electron chi connectivity index (χ1n) is 4.83. The smallest absolute Gasteiger partial charge is 0.157 e. The lowest BCUT2D eigenvalue weighted by Crippen LogP contribution is -2.47. The Bertz CT molecular complexity index is 347. The summed E-state index contributed by atoms with van der Waals surface area (Å²) in [6.07, 6.45) is 0.485. The van der Waals surface area contributed by atoms with Crippen molar-refractivity contribution in [2.45, 2.75) is 12.5 Å². The molecule has 15 heavy (non-hydrogen) atoms. The highest BCUT2D eigenvalue weighted by Gasteiger charge is 2.21. The quantitative estimate of drug-likeness (QED) is 0.919. The zero-order valence-corrected chi connectivity index (χ0v) is 10.6. The van der Waals surface area contributed by atoms with Crippen LogP contribution in [0.5, 0.6) is 0 Å². The summed E-state index contributed by atoms with van der Waals surface area (Å²) < 4.78 is 6.29. The van der Waals surface area contributed by atoms with Gasteiger partial charge >= 0.3 is 0 Å². The molecule has 1 unspecified atom stereocenters. The Balaban J connectivity index is 1.94. The van der Waals surface area contributed by atoms with Crippen molar-refractivity contribution in [1.82, 2.24) is 5.32 Å². The van der Waals surface area contributed by atoms with Gasteiger partial charge in [0.1, 0.15) is 0 Å². The van der Waals surface area contributed by atoms with Gasteiger partial charge in [0.2, 0.25) is 0 Å². The van der Waals surface area contributed by atoms with Gasteiger partial charge < -0.3 is 10.1 Å². The van der Waals surface area contributed by atoms with Gasteiger partial charge in [-0.05, 0) is 27.4 Å². The molecule has 3 nitrogen and oxygen atoms in total. The first-order valence-corrected chi connectivity index (χ1v) is 6.50. The van der Waals surface area contributed by atoms with E-state index in [1.807, 2.05) is 11.4 Å². The molecule has 82 valence electrons. The minimum atomic E-state index is -0.132. The second-order valence-corrected chi connectivity index (χ2v) is 5.27. The van der Waals surface area contributed by atoms with Crippen molar-refractivity contribution in [1.29, 1.82) is 0 Å². The lowest BCUT2D eigenvalue weighted by atomic mass is 10.1. The van der Waals surface area contributed by atoms with Gasteiger partial charge in [0.15, 0.2) is 5.78 Å². The second-order valence-electron chi connectivity index (χ2n) is 3.42. The van der Waals surface area contributed by atoms with E-state index in [2.05, 4.69) is 21.2 Å². The van der Waals surface area contributed by atoms with Crippen LogP contribution in [-0.2, 0) is 16.0 Å². The highest BCUT2D eigenvalue weighted by Crippen LogP contribution is 2.23. The molecule has 0 spiro atoms. The van der Waals surface area contributed by atoms with Crippen molar-refractivity contribution in [3.63, 3.8) is 0 Å². The van der Waals surface area contributed by atoms with Crippen LogP contribution in [0.2, 0.25) is 0 Å². The summed E-state index contributed by atoms with van der Waals surface area (Å²) in [5.74, 6) is 0.206. The minimum Gasteiger partial charge on any atom is -0.378 e. The average Bonchev–Trinajstić information content (AvgIpc) is 2.66. The van der Waals surface area contributed by atoms with E-state index in [9.17, 15) is 4.79 Å². The van der Waals surface area contributed by atoms with Crippen molar-refractivity contribution in [3.05, 3.63) is 20.8 Å². The molecule has 5 heteroatoms. The van der Waals surface area contributed by atoms with Crippen LogP contribution in [0.1, 0.15) is 4.88 Å². The first kappa shape index (κ1) is 11.3. The third-order valence-corrected chi connectivity index (χ3v) is 4.26. The Labute approximate surface area is 101 Å². The number of nitrogens with one attached hydrogen (secondary N) is 1. The van der Waals surface area contributed by atoms with Crippen LogP contribution in [0, 0.1) is 0 Å². The summed E-state index contributed by atoms with van der Waals surface area (Å²) in [5, 5.41) is 5.15. The van der Waals surface area contributed by atoms with Crippen LogP contribution in [0.4, 0.5) is 0 Å². The number of thiophene rings is 1. The number of ether oxygens (including phenoxy) is 1. The van der Waals surface area contributed by atoms with Crippen LogP contribution in [0.15, 0.2) is 15.9 Å². The van der Waals surface area contributed by atoms with E-state index < -0.39 is 0 Å². The summed E-state index contributed by atoms with van der Waals surface area (Å²) in [4.78, 5) is 13.0. The second kappa shape index (κ2) is 5.21. The summed E-state index contributed by atoms with van der Waals surface area (Å²) >= 11 is 5.03. The van der Waals surface area contributed by atoms with Gasteiger partial charge in [-0.25, -0.2) is 0 Å². The maximum atomic E-state index is 11.9. The van der Waals surface area contributed by atoms with Crippen LogP contribution in [-0.4, -0.2) is 31.6 Å². The molecule has 1 aromatic heterocycles. The Kier molecular flexibility index (Phi) is 3.91. The molecule has 1 fully saturated rings. The van der Waals surface area contributed by atoms with Gasteiger partial charge in [0, 0.05) is 22.3 Å². The molecule has 0 saturated carbocycles. The van der Waals surface area contributed by atoms with E-state index in [-0.39, 0.29) is 11.8 Å². The summed E-state index contributed by atoms with van der Waals surface area (Å²) in [6, 6.07) is 1.84. The van der Waals surface area contributed by atoms with Gasteiger partial charge in [-0.1, -0.05) is 0 Å². The Morgan fingerprint density at radius 3 is 3.20 bits per heavy atom. The Morgan fingerprint density at radius 2 is 2.60 bits per heavy atom. The maximum absolute atomic E-state index is 11.9. The van der Waals surface area contributed by atoms with Crippen molar-refractivity contribution < 1.29 is 9.53 Å². The molecule has 0 bridgehead atoms. The fourth-order valence-electron chi connectivity index (χ4n) is 1.50. The van der Waals surface area contributed by atoms with Crippen LogP contribution < -0.4 is 5.32 Å². The summed E-state index contributed by atoms with van der Waals surface area (Å²) in [5.41, 5.74) is 0. The topological polar surface area (TPSA) is 38.3 Å². The number of hydrogen-bond acceptors (Lipinski definition) is 4. The van der Waals surface area contributed by atoms with Gasteiger partial charge in [-0.3, -0.25) is 4.79 Å². The molecule has 0 radical (unpaired) electrons. The van der Waals surface area contributed by atoms with Gasteiger partial charge in [-0.15, -0.1) is 11.3 Å². The number of hydrogen-bond donors (Lipinski definition) is 1. The molecule has 1 saturated heterocycles. The fourth-order valence-corrected chi connectivity index (χ4v) is 3.01. The third-order valence-electron chi connectivity index (χ3n) is 2.34. The highest BCUT2D eigenvalue weighted by molar-refractivity contribution is 9.10. The molecular formula is C10H12BrNO2S. The van der Waals surface area contributed by atoms with E-state index in [0.29, 0.717) is 19.6 Å². The van der Waals surface area contributed by atoms with E-state index in [1.54, 1.807) is 11.3 Å². The Hall–Kier alpha value is -0.230. The predicted molar refractivity (Wildman–Crippen MR) is 63.3 cm³/mol. The lowest BCUT2D eigenvalue weighted by molar-refractivity contribution is -0.123. The molecule has 0 amide bonds. The monoisotopic (exact) mass is 289 g/mol. The zero-order valence-electron chi connectivity index (χ0n) is 8.16. The van der Waals surface area contributed by atoms with E-state index in [0.717, 1.165) is 15.9 Å². The maximum Gasteiger partial charge on any atom is 0.157 e. The summed E-state index contributed by atoms with van der Waals surface area (Å²) in [7, 11) is 0. The molecular weight excluding hydrogens is 278 g/mol. The van der Waals surface area contributed by atoms with Gasteiger partial charge in [0.25, 0.3) is 0 Å². The minimum absolute atomic E-state index is 0.132. The summed E-state index contributed by atoms with van der Waals surface area (Å²) in [6.45, 7) is 1.97. The molecule has 1 N–H and O–H groups in total. The average molecular weight is 290 g/mol. The molecule has 0 aromatic carbocycles. The number of Topliss-reactive ketones (excluding diaryl/α,β-unsaturated/α-hetero) is 1. The Morgan fingerprint density at radius 1 is 1.73 bits per heavy atom. The number of halogens is 1. The highest BCUT2D eigenvalue weighted by atomic mass is 79.9. The van der Waals surface area contributed by atoms with Gasteiger partial charge in [0.05, 0.1) is 19.3 Å². The van der Waals surface area contributed by atoms with Crippen molar-refractivity contribution >= 4 is 33.0 Å². The van der Waals surface area contributed by atoms with E-state index in [4.69, 9.17) is 4.74 Å². The van der Waals surface area contributed by atoms with Gasteiger partial charge in [-0.2, -0.15) is 0 Å². The standard InChI is InChI=1S/C10H12BrNO2S/c11-7-1-4-15-10(7)5-9(13)8-6-14-3-2-12-8/h1,4,8,12H,2-3,5-6H2. The molecule has 2 rings (SSSR count). The van der Waals surface area contributed by atoms with E-state index in [1.165, 1.54) is 0 Å². The number of carbonyl (C=O) groups is 1. The number of rotatable bonds is 3. The number of ketones is 1. The molecule has 1 aliphatic rings. The van der Waals surface area contributed by atoms with E-state index >= 15 is 0 Å². The largest absolute Gasteiger partial charge is 0.378 e. The molecule has 1 aliphatic heterocycles. The SMILES string of the molecule is O=C(Cc1sccc1Br)C1COCCN1. The van der Waals surface area contributed by atoms with Crippen LogP contribution in [0.25, 0.3) is 0 Å². The molecule has 2 heterocycles. The normalized spacial score (nSPS) is 21.5. The third kappa shape index (κ3) is 2.87. The first-order chi connectivity index (χ1) is 7.27. The predicted octanol–water partition coefficient (Wildman–Crippen LogP) is 1.61. The molecule has 1 atom stereocenters. The van der Waals surface area contributed by atoms with Crippen molar-refractivity contribution in [2.24, 2.45) is 0 Å². The van der Waals surface area contributed by atoms with Crippen molar-refractivity contribution in [2.75, 3.05) is 19.8 Å². The number of carbonyl (C=O) groups excluding carboxylic acids is 1. The lowest BCUT2D eigenvalue weighted by Gasteiger charge is -2.22. The fraction of sp³-hybridized carbons (Fsp3) is 0.500.